The van der Waals surface area contributed by atoms with Crippen molar-refractivity contribution >= 4 is 17.9 Å². The minimum atomic E-state index is 0.653. The molecule has 156 valence electrons. The first-order chi connectivity index (χ1) is 14.7. The molecule has 6 heteroatoms. The number of hydrogen-bond acceptors (Lipinski definition) is 3. The number of anilines is 1. The molecule has 0 aliphatic carbocycles. The first kappa shape index (κ1) is 20.6. The van der Waals surface area contributed by atoms with Crippen LogP contribution in [0.25, 0.3) is 11.4 Å². The minimum absolute atomic E-state index is 0.653. The lowest BCUT2D eigenvalue weighted by molar-refractivity contribution is -0.917. The summed E-state index contributed by atoms with van der Waals surface area (Å²) in [5, 5.41) is 4.88. The molecule has 2 aromatic carbocycles. The molecule has 0 amide bonds. The minimum Gasteiger partial charge on any atom is -0.371 e. The fourth-order valence-corrected chi connectivity index (χ4v) is 4.47. The lowest BCUT2D eigenvalue weighted by Crippen LogP contribution is -3.07. The molecular weight excluding hydrogens is 390 g/mol. The summed E-state index contributed by atoms with van der Waals surface area (Å²) in [7, 11) is 2.21. The highest BCUT2D eigenvalue weighted by molar-refractivity contribution is 7.71. The van der Waals surface area contributed by atoms with Crippen LogP contribution in [0.2, 0.25) is 0 Å². The maximum atomic E-state index is 5.77. The summed E-state index contributed by atoms with van der Waals surface area (Å²) in [6.07, 6.45) is 4.45. The third kappa shape index (κ3) is 4.40. The van der Waals surface area contributed by atoms with E-state index in [0.29, 0.717) is 6.54 Å². The number of benzene rings is 2. The molecule has 1 aliphatic rings. The number of rotatable bonds is 8. The van der Waals surface area contributed by atoms with Crippen molar-refractivity contribution in [2.24, 2.45) is 0 Å². The fourth-order valence-electron chi connectivity index (χ4n) is 4.20. The van der Waals surface area contributed by atoms with Gasteiger partial charge in [0.15, 0.2) is 12.5 Å². The molecule has 0 saturated carbocycles. The zero-order chi connectivity index (χ0) is 20.9. The van der Waals surface area contributed by atoms with Gasteiger partial charge < -0.3 is 9.80 Å². The van der Waals surface area contributed by atoms with E-state index in [1.807, 2.05) is 29.0 Å². The van der Waals surface area contributed by atoms with Gasteiger partial charge in [-0.1, -0.05) is 54.6 Å². The standard InChI is InChI=1S/C24H29N5S/c1-3-15-28-23(20-11-5-4-6-12-20)25-29(24(28)30)19-26(2)18-21-13-7-8-14-22(21)27-16-9-10-17-27/h3-8,11-14H,1,9-10,15-19H2,2H3/p+1. The van der Waals surface area contributed by atoms with E-state index >= 15 is 0 Å². The van der Waals surface area contributed by atoms with Crippen molar-refractivity contribution in [1.29, 1.82) is 0 Å². The maximum Gasteiger partial charge on any atom is 0.203 e. The first-order valence-corrected chi connectivity index (χ1v) is 11.1. The normalized spacial score (nSPS) is 14.8. The van der Waals surface area contributed by atoms with Gasteiger partial charge in [-0.05, 0) is 31.1 Å². The van der Waals surface area contributed by atoms with Crippen molar-refractivity contribution in [3.63, 3.8) is 0 Å². The molecule has 2 heterocycles. The van der Waals surface area contributed by atoms with Crippen LogP contribution in [0, 0.1) is 4.77 Å². The number of hydrogen-bond donors (Lipinski definition) is 1. The van der Waals surface area contributed by atoms with E-state index in [-0.39, 0.29) is 0 Å². The molecule has 3 aromatic rings. The van der Waals surface area contributed by atoms with E-state index in [1.54, 1.807) is 0 Å². The van der Waals surface area contributed by atoms with Crippen LogP contribution in [0.4, 0.5) is 5.69 Å². The third-order valence-corrected chi connectivity index (χ3v) is 6.05. The molecule has 0 spiro atoms. The van der Waals surface area contributed by atoms with Crippen LogP contribution in [-0.4, -0.2) is 34.5 Å². The Hall–Kier alpha value is -2.70. The highest BCUT2D eigenvalue weighted by Gasteiger charge is 2.19. The molecule has 1 aromatic heterocycles. The lowest BCUT2D eigenvalue weighted by Gasteiger charge is -2.23. The van der Waals surface area contributed by atoms with Gasteiger partial charge in [0, 0.05) is 36.4 Å². The Morgan fingerprint density at radius 2 is 1.77 bits per heavy atom. The largest absolute Gasteiger partial charge is 0.371 e. The van der Waals surface area contributed by atoms with Crippen LogP contribution in [0.5, 0.6) is 0 Å². The number of nitrogens with one attached hydrogen (secondary N) is 1. The topological polar surface area (TPSA) is 30.4 Å². The molecular formula is C24H30N5S+. The summed E-state index contributed by atoms with van der Waals surface area (Å²) < 4.78 is 4.75. The van der Waals surface area contributed by atoms with Gasteiger partial charge in [0.1, 0.15) is 6.54 Å². The van der Waals surface area contributed by atoms with E-state index in [4.69, 9.17) is 17.3 Å². The second-order valence-electron chi connectivity index (χ2n) is 7.99. The highest BCUT2D eigenvalue weighted by atomic mass is 32.1. The lowest BCUT2D eigenvalue weighted by atomic mass is 10.1. The molecule has 0 bridgehead atoms. The fraction of sp³-hybridized carbons (Fsp3) is 0.333. The van der Waals surface area contributed by atoms with Crippen LogP contribution in [0.1, 0.15) is 18.4 Å². The summed E-state index contributed by atoms with van der Waals surface area (Å²) in [5.74, 6) is 0.894. The second kappa shape index (κ2) is 9.41. The molecule has 1 unspecified atom stereocenters. The Morgan fingerprint density at radius 3 is 2.50 bits per heavy atom. The van der Waals surface area contributed by atoms with Gasteiger partial charge in [-0.15, -0.1) is 11.7 Å². The average Bonchev–Trinajstić information content (AvgIpc) is 3.40. The summed E-state index contributed by atoms with van der Waals surface area (Å²) in [4.78, 5) is 3.86. The monoisotopic (exact) mass is 420 g/mol. The Labute approximate surface area is 183 Å². The molecule has 1 N–H and O–H groups in total. The SMILES string of the molecule is C=CCn1c(-c2ccccc2)nn(C[NH+](C)Cc2ccccc2N2CCCC2)c1=S. The van der Waals surface area contributed by atoms with E-state index in [2.05, 4.69) is 59.5 Å². The Morgan fingerprint density at radius 1 is 1.07 bits per heavy atom. The van der Waals surface area contributed by atoms with Gasteiger partial charge in [0.05, 0.1) is 7.05 Å². The molecule has 1 saturated heterocycles. The van der Waals surface area contributed by atoms with Crippen molar-refractivity contribution in [1.82, 2.24) is 14.3 Å². The van der Waals surface area contributed by atoms with Crippen molar-refractivity contribution < 1.29 is 4.90 Å². The van der Waals surface area contributed by atoms with Gasteiger partial charge in [0.2, 0.25) is 4.77 Å². The van der Waals surface area contributed by atoms with E-state index in [1.165, 1.54) is 29.0 Å². The quantitative estimate of drug-likeness (QED) is 0.447. The zero-order valence-corrected chi connectivity index (χ0v) is 18.4. The van der Waals surface area contributed by atoms with Gasteiger partial charge >= 0.3 is 0 Å². The maximum absolute atomic E-state index is 5.77. The van der Waals surface area contributed by atoms with Gasteiger partial charge in [-0.25, -0.2) is 0 Å². The summed E-state index contributed by atoms with van der Waals surface area (Å²) in [5.41, 5.74) is 3.83. The van der Waals surface area contributed by atoms with Gasteiger partial charge in [-0.3, -0.25) is 4.57 Å². The van der Waals surface area contributed by atoms with Crippen LogP contribution in [0.3, 0.4) is 0 Å². The Bertz CT molecular complexity index is 1050. The Balaban J connectivity index is 1.56. The number of para-hydroxylation sites is 1. The number of nitrogens with zero attached hydrogens (tertiary/aromatic N) is 4. The number of quaternary nitrogens is 1. The summed E-state index contributed by atoms with van der Waals surface area (Å²) in [6.45, 7) is 8.52. The zero-order valence-electron chi connectivity index (χ0n) is 17.6. The number of allylic oxidation sites excluding steroid dienone is 1. The first-order valence-electron chi connectivity index (χ1n) is 10.7. The molecule has 1 fully saturated rings. The van der Waals surface area contributed by atoms with Crippen molar-refractivity contribution in [2.45, 2.75) is 32.6 Å². The smallest absolute Gasteiger partial charge is 0.203 e. The second-order valence-corrected chi connectivity index (χ2v) is 8.35. The van der Waals surface area contributed by atoms with E-state index in [9.17, 15) is 0 Å². The molecule has 0 radical (unpaired) electrons. The predicted octanol–water partition coefficient (Wildman–Crippen LogP) is 3.54. The van der Waals surface area contributed by atoms with Crippen molar-refractivity contribution in [2.75, 3.05) is 25.0 Å². The van der Waals surface area contributed by atoms with Gasteiger partial charge in [-0.2, -0.15) is 4.68 Å². The van der Waals surface area contributed by atoms with E-state index < -0.39 is 0 Å². The molecule has 5 nitrogen and oxygen atoms in total. The van der Waals surface area contributed by atoms with Crippen LogP contribution in [0.15, 0.2) is 67.3 Å². The molecule has 1 atom stereocenters. The molecule has 4 rings (SSSR count). The highest BCUT2D eigenvalue weighted by Crippen LogP contribution is 2.24. The third-order valence-electron chi connectivity index (χ3n) is 5.62. The molecule has 30 heavy (non-hydrogen) atoms. The van der Waals surface area contributed by atoms with Crippen LogP contribution < -0.4 is 9.80 Å². The van der Waals surface area contributed by atoms with Crippen LogP contribution >= 0.6 is 12.2 Å². The summed E-state index contributed by atoms with van der Waals surface area (Å²) >= 11 is 5.77. The predicted molar refractivity (Wildman–Crippen MR) is 125 cm³/mol. The van der Waals surface area contributed by atoms with Crippen molar-refractivity contribution in [3.8, 4) is 11.4 Å². The van der Waals surface area contributed by atoms with Crippen molar-refractivity contribution in [3.05, 3.63) is 77.6 Å². The van der Waals surface area contributed by atoms with E-state index in [0.717, 1.165) is 42.5 Å². The summed E-state index contributed by atoms with van der Waals surface area (Å²) in [6, 6.07) is 19.0. The average molecular weight is 421 g/mol. The molecule has 1 aliphatic heterocycles. The van der Waals surface area contributed by atoms with Gasteiger partial charge in [0.25, 0.3) is 0 Å². The van der Waals surface area contributed by atoms with Crippen LogP contribution in [-0.2, 0) is 19.8 Å². The number of aromatic nitrogens is 3. The Kier molecular flexibility index (Phi) is 6.45.